The van der Waals surface area contributed by atoms with Gasteiger partial charge in [-0.1, -0.05) is 18.2 Å². The number of carboxylic acid groups (broad SMARTS) is 1. The van der Waals surface area contributed by atoms with Crippen LogP contribution in [0.2, 0.25) is 0 Å². The molecule has 86 valence electrons. The zero-order valence-electron chi connectivity index (χ0n) is 9.18. The largest absolute Gasteiger partial charge is 0.478 e. The second-order valence-corrected chi connectivity index (χ2v) is 4.08. The number of carbonyl (C=O) groups is 1. The van der Waals surface area contributed by atoms with Gasteiger partial charge in [-0.3, -0.25) is 0 Å². The summed E-state index contributed by atoms with van der Waals surface area (Å²) in [4.78, 5) is 11.1. The first kappa shape index (κ1) is 10.1. The van der Waals surface area contributed by atoms with Crippen LogP contribution in [0.25, 0.3) is 5.69 Å². The lowest BCUT2D eigenvalue weighted by atomic mass is 10.2. The summed E-state index contributed by atoms with van der Waals surface area (Å²) in [6.07, 6.45) is 1.82. The lowest BCUT2D eigenvalue weighted by Crippen LogP contribution is -2.13. The van der Waals surface area contributed by atoms with Crippen molar-refractivity contribution >= 4 is 5.97 Å². The Bertz CT molecular complexity index is 587. The molecule has 2 heterocycles. The minimum atomic E-state index is -0.875. The van der Waals surface area contributed by atoms with Crippen molar-refractivity contribution in [3.63, 3.8) is 0 Å². The van der Waals surface area contributed by atoms with Gasteiger partial charge in [-0.15, -0.1) is 0 Å². The molecule has 0 bridgehead atoms. The Morgan fingerprint density at radius 3 is 2.88 bits per heavy atom. The molecule has 0 fully saturated rings. The number of hydrogen-bond donors (Lipinski definition) is 2. The fourth-order valence-corrected chi connectivity index (χ4v) is 2.28. The third kappa shape index (κ3) is 1.54. The van der Waals surface area contributed by atoms with Crippen molar-refractivity contribution in [3.05, 3.63) is 53.3 Å². The zero-order chi connectivity index (χ0) is 11.8. The Morgan fingerprint density at radius 1 is 1.24 bits per heavy atom. The number of para-hydroxylation sites is 1. The van der Waals surface area contributed by atoms with Crippen molar-refractivity contribution in [2.75, 3.05) is 0 Å². The molecule has 1 aromatic carbocycles. The molecule has 0 spiro atoms. The van der Waals surface area contributed by atoms with Crippen molar-refractivity contribution in [2.45, 2.75) is 13.1 Å². The average molecular weight is 228 g/mol. The number of benzene rings is 1. The van der Waals surface area contributed by atoms with Gasteiger partial charge in [0.25, 0.3) is 0 Å². The first-order valence-corrected chi connectivity index (χ1v) is 5.50. The predicted molar refractivity (Wildman–Crippen MR) is 63.3 cm³/mol. The molecule has 17 heavy (non-hydrogen) atoms. The summed E-state index contributed by atoms with van der Waals surface area (Å²) in [5, 5.41) is 12.4. The van der Waals surface area contributed by atoms with Gasteiger partial charge in [0, 0.05) is 25.0 Å². The molecule has 0 aliphatic carbocycles. The number of rotatable bonds is 1. The molecule has 0 saturated heterocycles. The first-order valence-electron chi connectivity index (χ1n) is 5.50. The van der Waals surface area contributed by atoms with Crippen LogP contribution in [-0.4, -0.2) is 15.6 Å². The van der Waals surface area contributed by atoms with E-state index in [1.54, 1.807) is 6.07 Å². The first-order chi connectivity index (χ1) is 8.27. The summed E-state index contributed by atoms with van der Waals surface area (Å²) in [5.41, 5.74) is 3.41. The van der Waals surface area contributed by atoms with Crippen LogP contribution >= 0.6 is 0 Å². The van der Waals surface area contributed by atoms with Gasteiger partial charge >= 0.3 is 5.97 Å². The quantitative estimate of drug-likeness (QED) is 0.782. The minimum absolute atomic E-state index is 0.370. The van der Waals surface area contributed by atoms with E-state index in [0.717, 1.165) is 17.9 Å². The van der Waals surface area contributed by atoms with E-state index in [4.69, 9.17) is 5.11 Å². The van der Waals surface area contributed by atoms with Crippen molar-refractivity contribution in [1.82, 2.24) is 9.88 Å². The number of carboxylic acids is 1. The highest BCUT2D eigenvalue weighted by atomic mass is 16.4. The van der Waals surface area contributed by atoms with Crippen molar-refractivity contribution in [2.24, 2.45) is 0 Å². The summed E-state index contributed by atoms with van der Waals surface area (Å²) in [6, 6.07) is 9.68. The Labute approximate surface area is 98.5 Å². The van der Waals surface area contributed by atoms with Crippen LogP contribution in [0.5, 0.6) is 0 Å². The van der Waals surface area contributed by atoms with Crippen LogP contribution in [-0.2, 0) is 13.1 Å². The molecule has 0 saturated carbocycles. The fraction of sp³-hybridized carbons (Fsp3) is 0.154. The maximum absolute atomic E-state index is 11.1. The number of nitrogens with one attached hydrogen (secondary N) is 1. The molecule has 2 aromatic rings. The van der Waals surface area contributed by atoms with E-state index in [9.17, 15) is 4.79 Å². The number of aromatic nitrogens is 1. The Balaban J connectivity index is 2.24. The Hall–Kier alpha value is -2.07. The topological polar surface area (TPSA) is 54.3 Å². The SMILES string of the molecule is O=C(O)c1ccn2c1CNCc1ccccc1-2. The van der Waals surface area contributed by atoms with Gasteiger partial charge in [-0.05, 0) is 17.7 Å². The van der Waals surface area contributed by atoms with E-state index in [0.29, 0.717) is 12.1 Å². The van der Waals surface area contributed by atoms with Crippen molar-refractivity contribution in [1.29, 1.82) is 0 Å². The van der Waals surface area contributed by atoms with Gasteiger partial charge in [0.2, 0.25) is 0 Å². The molecule has 0 atom stereocenters. The lowest BCUT2D eigenvalue weighted by Gasteiger charge is -2.08. The molecule has 3 rings (SSSR count). The van der Waals surface area contributed by atoms with Gasteiger partial charge in [-0.2, -0.15) is 0 Å². The molecule has 4 heteroatoms. The molecule has 0 radical (unpaired) electrons. The Kier molecular flexibility index (Phi) is 2.23. The van der Waals surface area contributed by atoms with E-state index in [-0.39, 0.29) is 0 Å². The second-order valence-electron chi connectivity index (χ2n) is 4.08. The average Bonchev–Trinajstić information content (AvgIpc) is 2.66. The summed E-state index contributed by atoms with van der Waals surface area (Å²) < 4.78 is 1.96. The molecule has 0 amide bonds. The van der Waals surface area contributed by atoms with E-state index in [1.807, 2.05) is 29.0 Å². The maximum Gasteiger partial charge on any atom is 0.337 e. The smallest absolute Gasteiger partial charge is 0.337 e. The van der Waals surface area contributed by atoms with Gasteiger partial charge in [0.15, 0.2) is 0 Å². The third-order valence-corrected chi connectivity index (χ3v) is 3.08. The third-order valence-electron chi connectivity index (χ3n) is 3.08. The number of aromatic carboxylic acids is 1. The summed E-state index contributed by atoms with van der Waals surface area (Å²) in [7, 11) is 0. The highest BCUT2D eigenvalue weighted by molar-refractivity contribution is 5.89. The van der Waals surface area contributed by atoms with Crippen LogP contribution in [0.15, 0.2) is 36.5 Å². The predicted octanol–water partition coefficient (Wildman–Crippen LogP) is 1.78. The maximum atomic E-state index is 11.1. The van der Waals surface area contributed by atoms with Gasteiger partial charge in [-0.25, -0.2) is 4.79 Å². The molecular weight excluding hydrogens is 216 g/mol. The highest BCUT2D eigenvalue weighted by Crippen LogP contribution is 2.23. The molecule has 0 unspecified atom stereocenters. The standard InChI is InChI=1S/C13H12N2O2/c16-13(17)10-5-6-15-11-4-2-1-3-9(11)7-14-8-12(10)15/h1-6,14H,7-8H2,(H,16,17). The minimum Gasteiger partial charge on any atom is -0.478 e. The van der Waals surface area contributed by atoms with Crippen LogP contribution in [0.4, 0.5) is 0 Å². The monoisotopic (exact) mass is 228 g/mol. The summed E-state index contributed by atoms with van der Waals surface area (Å²) in [6.45, 7) is 1.33. The van der Waals surface area contributed by atoms with E-state index in [1.165, 1.54) is 5.56 Å². The van der Waals surface area contributed by atoms with E-state index >= 15 is 0 Å². The van der Waals surface area contributed by atoms with Crippen LogP contribution in [0.3, 0.4) is 0 Å². The molecule has 2 N–H and O–H groups in total. The van der Waals surface area contributed by atoms with Gasteiger partial charge in [0.1, 0.15) is 0 Å². The van der Waals surface area contributed by atoms with Crippen LogP contribution in [0.1, 0.15) is 21.6 Å². The van der Waals surface area contributed by atoms with E-state index < -0.39 is 5.97 Å². The second kappa shape index (κ2) is 3.75. The lowest BCUT2D eigenvalue weighted by molar-refractivity contribution is 0.0695. The van der Waals surface area contributed by atoms with Crippen molar-refractivity contribution in [3.8, 4) is 5.69 Å². The molecule has 4 nitrogen and oxygen atoms in total. The highest BCUT2D eigenvalue weighted by Gasteiger charge is 2.19. The van der Waals surface area contributed by atoms with Crippen molar-refractivity contribution < 1.29 is 9.90 Å². The molecule has 1 aliphatic rings. The Morgan fingerprint density at radius 2 is 2.06 bits per heavy atom. The fourth-order valence-electron chi connectivity index (χ4n) is 2.28. The molecular formula is C13H12N2O2. The van der Waals surface area contributed by atoms with Gasteiger partial charge in [0.05, 0.1) is 11.3 Å². The number of hydrogen-bond acceptors (Lipinski definition) is 2. The van der Waals surface area contributed by atoms with Crippen LogP contribution < -0.4 is 5.32 Å². The molecule has 1 aromatic heterocycles. The molecule has 1 aliphatic heterocycles. The van der Waals surface area contributed by atoms with E-state index in [2.05, 4.69) is 11.4 Å². The summed E-state index contributed by atoms with van der Waals surface area (Å²) >= 11 is 0. The number of nitrogens with zero attached hydrogens (tertiary/aromatic N) is 1. The normalized spacial score (nSPS) is 13.6. The summed E-state index contributed by atoms with van der Waals surface area (Å²) in [5.74, 6) is -0.875. The van der Waals surface area contributed by atoms with Gasteiger partial charge < -0.3 is 15.0 Å². The zero-order valence-corrected chi connectivity index (χ0v) is 9.18. The number of fused-ring (bicyclic) bond motifs is 3. The van der Waals surface area contributed by atoms with Crippen LogP contribution in [0, 0.1) is 0 Å².